The minimum absolute atomic E-state index is 0.0379. The first-order chi connectivity index (χ1) is 13.0. The molecule has 2 aliphatic rings. The minimum Gasteiger partial charge on any atom is -0.326 e. The Hall–Kier alpha value is -2.86. The van der Waals surface area contributed by atoms with Crippen molar-refractivity contribution in [2.75, 3.05) is 10.0 Å². The summed E-state index contributed by atoms with van der Waals surface area (Å²) in [6.07, 6.45) is 2.92. The Balaban J connectivity index is 1.55. The Labute approximate surface area is 157 Å². The first-order valence-corrected chi connectivity index (χ1v) is 10.5. The van der Waals surface area contributed by atoms with Gasteiger partial charge in [-0.3, -0.25) is 9.52 Å². The molecule has 0 atom stereocenters. The van der Waals surface area contributed by atoms with Crippen LogP contribution in [0.3, 0.4) is 0 Å². The third kappa shape index (κ3) is 2.68. The van der Waals surface area contributed by atoms with E-state index in [-0.39, 0.29) is 10.8 Å². The van der Waals surface area contributed by atoms with Gasteiger partial charge < -0.3 is 5.32 Å². The second kappa shape index (κ2) is 5.82. The van der Waals surface area contributed by atoms with Gasteiger partial charge in [-0.25, -0.2) is 8.42 Å². The molecule has 136 valence electrons. The topological polar surface area (TPSA) is 75.3 Å². The van der Waals surface area contributed by atoms with Gasteiger partial charge in [0.05, 0.1) is 10.6 Å². The smallest absolute Gasteiger partial charge is 0.261 e. The van der Waals surface area contributed by atoms with Crippen LogP contribution in [0.5, 0.6) is 0 Å². The second-order valence-corrected chi connectivity index (χ2v) is 8.77. The summed E-state index contributed by atoms with van der Waals surface area (Å²) in [5, 5.41) is 4.89. The van der Waals surface area contributed by atoms with E-state index in [4.69, 9.17) is 0 Å². The first kappa shape index (κ1) is 16.3. The van der Waals surface area contributed by atoms with Gasteiger partial charge in [-0.05, 0) is 65.6 Å². The van der Waals surface area contributed by atoms with Crippen LogP contribution in [-0.2, 0) is 34.1 Å². The van der Waals surface area contributed by atoms with Crippen molar-refractivity contribution in [3.8, 4) is 0 Å². The van der Waals surface area contributed by atoms with Gasteiger partial charge in [-0.15, -0.1) is 0 Å². The summed E-state index contributed by atoms with van der Waals surface area (Å²) in [7, 11) is -3.72. The quantitative estimate of drug-likeness (QED) is 0.731. The summed E-state index contributed by atoms with van der Waals surface area (Å²) in [6, 6.07) is 14.8. The standard InChI is InChI=1S/C21H18N2O3S/c24-20-11-7-15-12-16(8-10-18(15)22-20)27(25,26)23-19-9-6-14-5-4-13-2-1-3-17(19)21(13)14/h1-3,6,8-10,12,23H,4-5,7,11H2,(H,22,24). The maximum absolute atomic E-state index is 13.0. The van der Waals surface area contributed by atoms with Gasteiger partial charge in [0.2, 0.25) is 5.91 Å². The lowest BCUT2D eigenvalue weighted by atomic mass is 10.0. The molecule has 2 N–H and O–H groups in total. The molecule has 0 radical (unpaired) electrons. The summed E-state index contributed by atoms with van der Waals surface area (Å²) >= 11 is 0. The van der Waals surface area contributed by atoms with Crippen LogP contribution in [-0.4, -0.2) is 14.3 Å². The Morgan fingerprint density at radius 2 is 1.63 bits per heavy atom. The molecule has 1 aliphatic heterocycles. The Bertz CT molecular complexity index is 1210. The van der Waals surface area contributed by atoms with E-state index in [1.54, 1.807) is 12.1 Å². The number of anilines is 2. The van der Waals surface area contributed by atoms with Crippen LogP contribution in [0.4, 0.5) is 11.4 Å². The van der Waals surface area contributed by atoms with E-state index in [2.05, 4.69) is 16.1 Å². The van der Waals surface area contributed by atoms with Crippen LogP contribution in [0.25, 0.3) is 10.8 Å². The molecule has 0 saturated heterocycles. The zero-order chi connectivity index (χ0) is 18.6. The predicted octanol–water partition coefficient (Wildman–Crippen LogP) is 3.62. The van der Waals surface area contributed by atoms with Crippen LogP contribution in [0, 0.1) is 0 Å². The van der Waals surface area contributed by atoms with Crippen molar-refractivity contribution in [3.63, 3.8) is 0 Å². The molecular formula is C21H18N2O3S. The molecule has 0 spiro atoms. The van der Waals surface area contributed by atoms with Gasteiger partial charge >= 0.3 is 0 Å². The Morgan fingerprint density at radius 3 is 2.48 bits per heavy atom. The number of carbonyl (C=O) groups is 1. The number of fused-ring (bicyclic) bond motifs is 1. The van der Waals surface area contributed by atoms with Crippen molar-refractivity contribution in [1.82, 2.24) is 0 Å². The molecule has 1 amide bonds. The summed E-state index contributed by atoms with van der Waals surface area (Å²) in [5.41, 5.74) is 4.68. The van der Waals surface area contributed by atoms with E-state index in [1.165, 1.54) is 22.6 Å². The van der Waals surface area contributed by atoms with Crippen molar-refractivity contribution in [3.05, 3.63) is 65.2 Å². The maximum atomic E-state index is 13.0. The number of hydrogen-bond donors (Lipinski definition) is 2. The Morgan fingerprint density at radius 1 is 0.852 bits per heavy atom. The van der Waals surface area contributed by atoms with Crippen LogP contribution in [0.15, 0.2) is 53.4 Å². The highest BCUT2D eigenvalue weighted by Gasteiger charge is 2.22. The van der Waals surface area contributed by atoms with Crippen molar-refractivity contribution in [2.45, 2.75) is 30.6 Å². The normalized spacial score (nSPS) is 15.5. The summed E-state index contributed by atoms with van der Waals surface area (Å²) in [6.45, 7) is 0. The van der Waals surface area contributed by atoms with Crippen LogP contribution >= 0.6 is 0 Å². The lowest BCUT2D eigenvalue weighted by molar-refractivity contribution is -0.116. The molecular weight excluding hydrogens is 360 g/mol. The largest absolute Gasteiger partial charge is 0.326 e. The predicted molar refractivity (Wildman–Crippen MR) is 106 cm³/mol. The maximum Gasteiger partial charge on any atom is 0.261 e. The molecule has 6 heteroatoms. The van der Waals surface area contributed by atoms with Crippen molar-refractivity contribution >= 4 is 38.1 Å². The summed E-state index contributed by atoms with van der Waals surface area (Å²) in [5.74, 6) is -0.0379. The van der Waals surface area contributed by atoms with Crippen LogP contribution in [0.2, 0.25) is 0 Å². The van der Waals surface area contributed by atoms with Crippen molar-refractivity contribution < 1.29 is 13.2 Å². The van der Waals surface area contributed by atoms with Crippen LogP contribution in [0.1, 0.15) is 23.1 Å². The van der Waals surface area contributed by atoms with E-state index in [0.717, 1.165) is 23.8 Å². The Kier molecular flexibility index (Phi) is 3.52. The number of rotatable bonds is 3. The van der Waals surface area contributed by atoms with Gasteiger partial charge in [0.1, 0.15) is 0 Å². The van der Waals surface area contributed by atoms with E-state index in [1.807, 2.05) is 24.3 Å². The van der Waals surface area contributed by atoms with Crippen molar-refractivity contribution in [2.24, 2.45) is 0 Å². The molecule has 0 fully saturated rings. The number of amides is 1. The van der Waals surface area contributed by atoms with Gasteiger partial charge in [0.25, 0.3) is 10.0 Å². The van der Waals surface area contributed by atoms with E-state index in [0.29, 0.717) is 24.2 Å². The average Bonchev–Trinajstić information content (AvgIpc) is 3.08. The van der Waals surface area contributed by atoms with Gasteiger partial charge in [-0.2, -0.15) is 0 Å². The molecule has 5 rings (SSSR count). The minimum atomic E-state index is -3.72. The van der Waals surface area contributed by atoms with Gasteiger partial charge in [0, 0.05) is 17.5 Å². The van der Waals surface area contributed by atoms with Crippen molar-refractivity contribution in [1.29, 1.82) is 0 Å². The van der Waals surface area contributed by atoms with Crippen LogP contribution < -0.4 is 10.0 Å². The lowest BCUT2D eigenvalue weighted by Gasteiger charge is -2.18. The van der Waals surface area contributed by atoms with Gasteiger partial charge in [-0.1, -0.05) is 24.3 Å². The molecule has 0 aromatic heterocycles. The molecule has 1 aliphatic carbocycles. The zero-order valence-electron chi connectivity index (χ0n) is 14.6. The third-order valence-corrected chi connectivity index (χ3v) is 6.77. The number of hydrogen-bond acceptors (Lipinski definition) is 3. The number of carbonyl (C=O) groups excluding carboxylic acids is 1. The fraction of sp³-hybridized carbons (Fsp3) is 0.190. The molecule has 0 saturated carbocycles. The molecule has 3 aromatic rings. The molecule has 0 unspecified atom stereocenters. The number of sulfonamides is 1. The summed E-state index contributed by atoms with van der Waals surface area (Å²) in [4.78, 5) is 11.7. The highest BCUT2D eigenvalue weighted by molar-refractivity contribution is 7.92. The molecule has 27 heavy (non-hydrogen) atoms. The van der Waals surface area contributed by atoms with E-state index in [9.17, 15) is 13.2 Å². The number of nitrogens with one attached hydrogen (secondary N) is 2. The molecule has 3 aromatic carbocycles. The number of benzene rings is 3. The van der Waals surface area contributed by atoms with Gasteiger partial charge in [0.15, 0.2) is 0 Å². The first-order valence-electron chi connectivity index (χ1n) is 9.00. The molecule has 1 heterocycles. The highest BCUT2D eigenvalue weighted by Crippen LogP contribution is 2.36. The van der Waals surface area contributed by atoms with E-state index < -0.39 is 10.0 Å². The zero-order valence-corrected chi connectivity index (χ0v) is 15.4. The average molecular weight is 378 g/mol. The SMILES string of the molecule is O=C1CCc2cc(S(=O)(=O)Nc3ccc4c5c(cccc35)CC4)ccc2N1. The molecule has 0 bridgehead atoms. The highest BCUT2D eigenvalue weighted by atomic mass is 32.2. The fourth-order valence-electron chi connectivity index (χ4n) is 4.07. The second-order valence-electron chi connectivity index (χ2n) is 7.08. The summed E-state index contributed by atoms with van der Waals surface area (Å²) < 4.78 is 28.7. The fourth-order valence-corrected chi connectivity index (χ4v) is 5.20. The molecule has 5 nitrogen and oxygen atoms in total. The monoisotopic (exact) mass is 378 g/mol. The number of aryl methyl sites for hydroxylation is 3. The lowest BCUT2D eigenvalue weighted by Crippen LogP contribution is -2.20. The van der Waals surface area contributed by atoms with E-state index >= 15 is 0 Å². The third-order valence-electron chi connectivity index (χ3n) is 5.40.